The topological polar surface area (TPSA) is 18.5 Å². The van der Waals surface area contributed by atoms with Crippen LogP contribution >= 0.6 is 7.26 Å². The van der Waals surface area contributed by atoms with Gasteiger partial charge < -0.3 is 9.47 Å². The Kier molecular flexibility index (Phi) is 6.39. The lowest BCUT2D eigenvalue weighted by atomic mass is 10.1. The van der Waals surface area contributed by atoms with Crippen molar-refractivity contribution in [1.82, 2.24) is 0 Å². The number of hydrogen-bond donors (Lipinski definition) is 0. The molecule has 0 aromatic heterocycles. The van der Waals surface area contributed by atoms with Crippen molar-refractivity contribution in [2.75, 3.05) is 14.2 Å². The highest BCUT2D eigenvalue weighted by Gasteiger charge is 2.45. The Labute approximate surface area is 185 Å². The maximum Gasteiger partial charge on any atom is 0.163 e. The normalized spacial score (nSPS) is 11.2. The zero-order valence-electron chi connectivity index (χ0n) is 18.3. The van der Waals surface area contributed by atoms with E-state index in [1.165, 1.54) is 21.5 Å². The predicted octanol–water partition coefficient (Wildman–Crippen LogP) is 5.51. The largest absolute Gasteiger partial charge is 0.493 e. The first kappa shape index (κ1) is 21.2. The maximum absolute atomic E-state index is 5.68. The van der Waals surface area contributed by atoms with Crippen molar-refractivity contribution in [3.8, 4) is 11.5 Å². The van der Waals surface area contributed by atoms with E-state index in [1.807, 2.05) is 0 Å². The third-order valence-corrected chi connectivity index (χ3v) is 10.1. The fraction of sp³-hybridized carbons (Fsp3) is 0.143. The lowest BCUT2D eigenvalue weighted by Crippen LogP contribution is -2.32. The highest BCUT2D eigenvalue weighted by Crippen LogP contribution is 2.58. The van der Waals surface area contributed by atoms with E-state index in [2.05, 4.69) is 110 Å². The Balaban J connectivity index is 1.98. The van der Waals surface area contributed by atoms with E-state index in [9.17, 15) is 0 Å². The van der Waals surface area contributed by atoms with Gasteiger partial charge in [-0.05, 0) is 66.6 Å². The second-order valence-corrected chi connectivity index (χ2v) is 11.1. The Morgan fingerprint density at radius 3 is 1.45 bits per heavy atom. The summed E-state index contributed by atoms with van der Waals surface area (Å²) in [6, 6.07) is 37.2. The van der Waals surface area contributed by atoms with Crippen LogP contribution in [0.2, 0.25) is 0 Å². The summed E-state index contributed by atoms with van der Waals surface area (Å²) in [6.45, 7) is 2.08. The summed E-state index contributed by atoms with van der Waals surface area (Å²) in [5, 5.41) is 4.12. The van der Waals surface area contributed by atoms with Gasteiger partial charge in [-0.1, -0.05) is 54.6 Å². The molecular formula is C28H28O2P+. The van der Waals surface area contributed by atoms with Gasteiger partial charge >= 0.3 is 0 Å². The first-order valence-corrected chi connectivity index (χ1v) is 12.4. The van der Waals surface area contributed by atoms with Crippen molar-refractivity contribution in [2.45, 2.75) is 13.1 Å². The fourth-order valence-corrected chi connectivity index (χ4v) is 8.58. The van der Waals surface area contributed by atoms with Gasteiger partial charge in [0.15, 0.2) is 11.5 Å². The lowest BCUT2D eigenvalue weighted by Gasteiger charge is -2.28. The zero-order chi connectivity index (χ0) is 21.7. The van der Waals surface area contributed by atoms with Crippen molar-refractivity contribution in [1.29, 1.82) is 0 Å². The SMILES string of the molecule is COc1cc(C[P+](c2ccccc2)(c2ccccc2)c2ccccc2)cc(C)c1OC. The molecule has 2 nitrogen and oxygen atoms in total. The zero-order valence-corrected chi connectivity index (χ0v) is 19.2. The molecule has 156 valence electrons. The number of aryl methyl sites for hydroxylation is 1. The van der Waals surface area contributed by atoms with Gasteiger partial charge in [0.2, 0.25) is 0 Å². The molecule has 0 unspecified atom stereocenters. The molecule has 0 atom stereocenters. The minimum Gasteiger partial charge on any atom is -0.493 e. The van der Waals surface area contributed by atoms with Gasteiger partial charge in [0.1, 0.15) is 23.2 Å². The molecule has 0 aliphatic carbocycles. The number of benzene rings is 4. The Morgan fingerprint density at radius 1 is 0.613 bits per heavy atom. The highest BCUT2D eigenvalue weighted by molar-refractivity contribution is 7.95. The summed E-state index contributed by atoms with van der Waals surface area (Å²) < 4.78 is 11.3. The summed E-state index contributed by atoms with van der Waals surface area (Å²) >= 11 is 0. The average molecular weight is 428 g/mol. The molecule has 4 rings (SSSR count). The van der Waals surface area contributed by atoms with Gasteiger partial charge in [-0.3, -0.25) is 0 Å². The predicted molar refractivity (Wildman–Crippen MR) is 133 cm³/mol. The van der Waals surface area contributed by atoms with Crippen LogP contribution in [-0.2, 0) is 6.16 Å². The number of ether oxygens (including phenoxy) is 2. The van der Waals surface area contributed by atoms with Crippen LogP contribution in [0.4, 0.5) is 0 Å². The molecule has 0 heterocycles. The van der Waals surface area contributed by atoms with Crippen molar-refractivity contribution >= 4 is 23.2 Å². The Bertz CT molecular complexity index is 1030. The van der Waals surface area contributed by atoms with E-state index in [-0.39, 0.29) is 0 Å². The van der Waals surface area contributed by atoms with Crippen molar-refractivity contribution in [3.63, 3.8) is 0 Å². The van der Waals surface area contributed by atoms with Crippen LogP contribution in [0, 0.1) is 6.92 Å². The number of methoxy groups -OCH3 is 2. The van der Waals surface area contributed by atoms with Crippen LogP contribution in [0.1, 0.15) is 11.1 Å². The molecule has 0 bridgehead atoms. The van der Waals surface area contributed by atoms with E-state index >= 15 is 0 Å². The quantitative estimate of drug-likeness (QED) is 0.362. The third-order valence-electron chi connectivity index (χ3n) is 5.74. The summed E-state index contributed by atoms with van der Waals surface area (Å²) in [5.74, 6) is 1.58. The molecule has 4 aromatic carbocycles. The first-order chi connectivity index (χ1) is 15.2. The van der Waals surface area contributed by atoms with Gasteiger partial charge in [-0.25, -0.2) is 0 Å². The van der Waals surface area contributed by atoms with Gasteiger partial charge in [-0.15, -0.1) is 0 Å². The molecule has 0 amide bonds. The van der Waals surface area contributed by atoms with E-state index in [1.54, 1.807) is 14.2 Å². The van der Waals surface area contributed by atoms with E-state index in [0.29, 0.717) is 0 Å². The lowest BCUT2D eigenvalue weighted by molar-refractivity contribution is 0.352. The monoisotopic (exact) mass is 427 g/mol. The van der Waals surface area contributed by atoms with E-state index in [4.69, 9.17) is 9.47 Å². The van der Waals surface area contributed by atoms with Crippen molar-refractivity contribution < 1.29 is 9.47 Å². The molecule has 31 heavy (non-hydrogen) atoms. The van der Waals surface area contributed by atoms with Gasteiger partial charge in [0.05, 0.1) is 20.4 Å². The van der Waals surface area contributed by atoms with Crippen LogP contribution < -0.4 is 25.4 Å². The molecule has 0 saturated heterocycles. The van der Waals surface area contributed by atoms with Crippen molar-refractivity contribution in [3.05, 3.63) is 114 Å². The summed E-state index contributed by atoms with van der Waals surface area (Å²) in [5.41, 5.74) is 2.34. The highest BCUT2D eigenvalue weighted by atomic mass is 31.2. The molecule has 0 fully saturated rings. The summed E-state index contributed by atoms with van der Waals surface area (Å²) in [7, 11) is 1.45. The second-order valence-electron chi connectivity index (χ2n) is 7.62. The standard InChI is InChI=1S/C28H28O2P/c1-22-19-23(20-27(29-2)28(22)30-3)21-31(24-13-7-4-8-14-24,25-15-9-5-10-16-25)26-17-11-6-12-18-26/h4-20H,21H2,1-3H3/q+1. The Hall–Kier alpha value is -3.09. The van der Waals surface area contributed by atoms with E-state index in [0.717, 1.165) is 23.2 Å². The van der Waals surface area contributed by atoms with Crippen LogP contribution in [0.15, 0.2) is 103 Å². The molecule has 0 spiro atoms. The minimum atomic E-state index is -1.95. The smallest absolute Gasteiger partial charge is 0.163 e. The third kappa shape index (κ3) is 4.09. The molecule has 3 heteroatoms. The molecule has 0 aliphatic heterocycles. The molecule has 0 radical (unpaired) electrons. The van der Waals surface area contributed by atoms with Gasteiger partial charge in [0.25, 0.3) is 0 Å². The molecule has 0 N–H and O–H groups in total. The molecule has 0 saturated carbocycles. The second kappa shape index (κ2) is 9.37. The Morgan fingerprint density at radius 2 is 1.06 bits per heavy atom. The number of hydrogen-bond acceptors (Lipinski definition) is 2. The average Bonchev–Trinajstić information content (AvgIpc) is 2.84. The van der Waals surface area contributed by atoms with Gasteiger partial charge in [0, 0.05) is 0 Å². The molecule has 4 aromatic rings. The molecule has 0 aliphatic rings. The van der Waals surface area contributed by atoms with Crippen LogP contribution in [0.25, 0.3) is 0 Å². The fourth-order valence-electron chi connectivity index (χ4n) is 4.36. The van der Waals surface area contributed by atoms with E-state index < -0.39 is 7.26 Å². The summed E-state index contributed by atoms with van der Waals surface area (Å²) in [6.07, 6.45) is 0.909. The van der Waals surface area contributed by atoms with Gasteiger partial charge in [-0.2, -0.15) is 0 Å². The number of rotatable bonds is 7. The maximum atomic E-state index is 5.68. The van der Waals surface area contributed by atoms with Crippen LogP contribution in [0.5, 0.6) is 11.5 Å². The first-order valence-electron chi connectivity index (χ1n) is 10.5. The molecular weight excluding hydrogens is 399 g/mol. The van der Waals surface area contributed by atoms with Crippen LogP contribution in [0.3, 0.4) is 0 Å². The summed E-state index contributed by atoms with van der Waals surface area (Å²) in [4.78, 5) is 0. The minimum absolute atomic E-state index is 0.782. The van der Waals surface area contributed by atoms with Crippen molar-refractivity contribution in [2.24, 2.45) is 0 Å². The van der Waals surface area contributed by atoms with Crippen LogP contribution in [-0.4, -0.2) is 14.2 Å².